The molecule has 1 N–H and O–H groups in total. The molecule has 4 heterocycles. The van der Waals surface area contributed by atoms with Gasteiger partial charge in [0.05, 0.1) is 6.61 Å². The number of nitrogens with one attached hydrogen (secondary N) is 1. The van der Waals surface area contributed by atoms with Crippen molar-refractivity contribution in [2.45, 2.75) is 13.5 Å². The minimum atomic E-state index is 0.612. The zero-order valence-corrected chi connectivity index (χ0v) is 18.7. The van der Waals surface area contributed by atoms with E-state index in [4.69, 9.17) is 4.74 Å². The molecule has 6 heteroatoms. The lowest BCUT2D eigenvalue weighted by atomic mass is 10.0. The number of likely N-dealkylation sites (N-methyl/N-ethyl adjacent to an activating group) is 1. The fraction of sp³-hybridized carbons (Fsp3) is 0.308. The van der Waals surface area contributed by atoms with Crippen molar-refractivity contribution in [1.29, 1.82) is 0 Å². The van der Waals surface area contributed by atoms with E-state index >= 15 is 0 Å². The highest BCUT2D eigenvalue weighted by atomic mass is 16.5. The van der Waals surface area contributed by atoms with E-state index in [9.17, 15) is 0 Å². The van der Waals surface area contributed by atoms with Crippen LogP contribution in [0, 0.1) is 0 Å². The molecule has 6 nitrogen and oxygen atoms in total. The van der Waals surface area contributed by atoms with Gasteiger partial charge >= 0.3 is 0 Å². The van der Waals surface area contributed by atoms with Gasteiger partial charge in [0.25, 0.3) is 0 Å². The second-order valence-electron chi connectivity index (χ2n) is 8.42. The molecule has 4 aromatic rings. The molecule has 0 bridgehead atoms. The molecule has 164 valence electrons. The summed E-state index contributed by atoms with van der Waals surface area (Å²) in [5.41, 5.74) is 6.67. The molecular weight excluding hydrogens is 398 g/mol. The summed E-state index contributed by atoms with van der Waals surface area (Å²) in [6.07, 6.45) is 5.79. The number of fused-ring (bicyclic) bond motifs is 1. The molecule has 0 unspecified atom stereocenters. The molecule has 0 spiro atoms. The van der Waals surface area contributed by atoms with E-state index in [1.165, 1.54) is 11.1 Å². The molecule has 0 radical (unpaired) electrons. The Balaban J connectivity index is 1.37. The molecule has 1 aliphatic rings. The van der Waals surface area contributed by atoms with E-state index < -0.39 is 0 Å². The number of aromatic amines is 1. The van der Waals surface area contributed by atoms with Gasteiger partial charge < -0.3 is 14.6 Å². The molecule has 5 rings (SSSR count). The quantitative estimate of drug-likeness (QED) is 0.493. The highest BCUT2D eigenvalue weighted by molar-refractivity contribution is 5.95. The molecule has 3 aromatic heterocycles. The fourth-order valence-corrected chi connectivity index (χ4v) is 4.24. The first-order valence-electron chi connectivity index (χ1n) is 11.3. The summed E-state index contributed by atoms with van der Waals surface area (Å²) in [6.45, 7) is 8.14. The van der Waals surface area contributed by atoms with E-state index in [0.29, 0.717) is 12.5 Å². The van der Waals surface area contributed by atoms with E-state index in [1.807, 2.05) is 37.6 Å². The third-order valence-electron chi connectivity index (χ3n) is 6.16. The smallest absolute Gasteiger partial charge is 0.213 e. The van der Waals surface area contributed by atoms with Gasteiger partial charge in [0.15, 0.2) is 0 Å². The lowest BCUT2D eigenvalue weighted by Crippen LogP contribution is -2.43. The lowest BCUT2D eigenvalue weighted by Gasteiger charge is -2.32. The van der Waals surface area contributed by atoms with Crippen LogP contribution < -0.4 is 4.74 Å². The van der Waals surface area contributed by atoms with Crippen molar-refractivity contribution in [3.8, 4) is 28.1 Å². The average molecular weight is 428 g/mol. The van der Waals surface area contributed by atoms with Crippen LogP contribution in [0.1, 0.15) is 12.5 Å². The number of hydrogen-bond donors (Lipinski definition) is 1. The first-order chi connectivity index (χ1) is 15.7. The van der Waals surface area contributed by atoms with Crippen molar-refractivity contribution in [2.24, 2.45) is 0 Å². The van der Waals surface area contributed by atoms with E-state index in [1.54, 1.807) is 0 Å². The number of ether oxygens (including phenoxy) is 1. The number of benzene rings is 1. The Morgan fingerprint density at radius 2 is 1.66 bits per heavy atom. The van der Waals surface area contributed by atoms with Crippen LogP contribution in [-0.4, -0.2) is 64.6 Å². The highest BCUT2D eigenvalue weighted by Gasteiger charge is 2.14. The van der Waals surface area contributed by atoms with Crippen molar-refractivity contribution in [3.05, 3.63) is 66.6 Å². The van der Waals surface area contributed by atoms with Crippen molar-refractivity contribution < 1.29 is 4.74 Å². The summed E-state index contributed by atoms with van der Waals surface area (Å²) in [4.78, 5) is 17.3. The SMILES string of the molecule is CCOc1ccc(-c2c[nH]c3ncc(-c4ccc(CN5CCN(C)CC5)cc4)cc23)cn1. The van der Waals surface area contributed by atoms with Crippen LogP contribution in [0.3, 0.4) is 0 Å². The normalized spacial score (nSPS) is 15.3. The first-order valence-corrected chi connectivity index (χ1v) is 11.3. The van der Waals surface area contributed by atoms with Gasteiger partial charge in [-0.1, -0.05) is 24.3 Å². The monoisotopic (exact) mass is 427 g/mol. The Morgan fingerprint density at radius 1 is 0.906 bits per heavy atom. The first kappa shape index (κ1) is 20.7. The fourth-order valence-electron chi connectivity index (χ4n) is 4.24. The molecule has 0 atom stereocenters. The summed E-state index contributed by atoms with van der Waals surface area (Å²) in [6, 6.07) is 15.1. The van der Waals surface area contributed by atoms with Gasteiger partial charge in [-0.2, -0.15) is 0 Å². The number of piperazine rings is 1. The minimum Gasteiger partial charge on any atom is -0.478 e. The van der Waals surface area contributed by atoms with E-state index in [0.717, 1.165) is 60.4 Å². The average Bonchev–Trinajstić information content (AvgIpc) is 3.25. The van der Waals surface area contributed by atoms with Gasteiger partial charge in [-0.25, -0.2) is 9.97 Å². The Morgan fingerprint density at radius 3 is 2.38 bits per heavy atom. The predicted molar refractivity (Wildman–Crippen MR) is 129 cm³/mol. The summed E-state index contributed by atoms with van der Waals surface area (Å²) in [5.74, 6) is 0.645. The number of aromatic nitrogens is 3. The third kappa shape index (κ3) is 4.38. The molecule has 0 aliphatic carbocycles. The van der Waals surface area contributed by atoms with Crippen LogP contribution in [0.15, 0.2) is 61.1 Å². The topological polar surface area (TPSA) is 57.3 Å². The van der Waals surface area contributed by atoms with Gasteiger partial charge in [0.1, 0.15) is 5.65 Å². The number of pyridine rings is 2. The van der Waals surface area contributed by atoms with E-state index in [-0.39, 0.29) is 0 Å². The predicted octanol–water partition coefficient (Wildman–Crippen LogP) is 4.44. The van der Waals surface area contributed by atoms with Gasteiger partial charge in [-0.05, 0) is 37.2 Å². The van der Waals surface area contributed by atoms with Crippen molar-refractivity contribution in [1.82, 2.24) is 24.8 Å². The molecule has 1 saturated heterocycles. The third-order valence-corrected chi connectivity index (χ3v) is 6.16. The van der Waals surface area contributed by atoms with Gasteiger partial charge in [0.2, 0.25) is 5.88 Å². The number of H-pyrrole nitrogens is 1. The van der Waals surface area contributed by atoms with Crippen molar-refractivity contribution in [2.75, 3.05) is 39.8 Å². The Labute approximate surface area is 188 Å². The van der Waals surface area contributed by atoms with E-state index in [2.05, 4.69) is 62.1 Å². The Bertz CT molecular complexity index is 1180. The van der Waals surface area contributed by atoms with Crippen LogP contribution in [0.4, 0.5) is 0 Å². The summed E-state index contributed by atoms with van der Waals surface area (Å²) in [5, 5.41) is 1.09. The summed E-state index contributed by atoms with van der Waals surface area (Å²) < 4.78 is 5.47. The van der Waals surface area contributed by atoms with Gasteiger partial charge in [0, 0.05) is 79.5 Å². The van der Waals surface area contributed by atoms with Crippen LogP contribution in [0.2, 0.25) is 0 Å². The number of rotatable bonds is 6. The maximum atomic E-state index is 5.47. The second kappa shape index (κ2) is 9.10. The van der Waals surface area contributed by atoms with Crippen molar-refractivity contribution in [3.63, 3.8) is 0 Å². The maximum Gasteiger partial charge on any atom is 0.213 e. The van der Waals surface area contributed by atoms with Gasteiger partial charge in [-0.15, -0.1) is 0 Å². The van der Waals surface area contributed by atoms with Crippen LogP contribution >= 0.6 is 0 Å². The lowest BCUT2D eigenvalue weighted by molar-refractivity contribution is 0.148. The van der Waals surface area contributed by atoms with Crippen LogP contribution in [0.25, 0.3) is 33.3 Å². The zero-order valence-electron chi connectivity index (χ0n) is 18.7. The van der Waals surface area contributed by atoms with Crippen LogP contribution in [0.5, 0.6) is 5.88 Å². The van der Waals surface area contributed by atoms with Crippen LogP contribution in [-0.2, 0) is 6.54 Å². The molecule has 32 heavy (non-hydrogen) atoms. The zero-order chi connectivity index (χ0) is 21.9. The van der Waals surface area contributed by atoms with Gasteiger partial charge in [-0.3, -0.25) is 4.90 Å². The summed E-state index contributed by atoms with van der Waals surface area (Å²) in [7, 11) is 2.19. The summed E-state index contributed by atoms with van der Waals surface area (Å²) >= 11 is 0. The number of hydrogen-bond acceptors (Lipinski definition) is 5. The Kier molecular flexibility index (Phi) is 5.88. The molecule has 1 aromatic carbocycles. The number of nitrogens with zero attached hydrogens (tertiary/aromatic N) is 4. The minimum absolute atomic E-state index is 0.612. The highest BCUT2D eigenvalue weighted by Crippen LogP contribution is 2.31. The molecule has 0 saturated carbocycles. The molecule has 0 amide bonds. The molecular formula is C26H29N5O. The largest absolute Gasteiger partial charge is 0.478 e. The standard InChI is InChI=1S/C26H29N5O/c1-3-32-25-9-8-21(15-27-25)24-17-29-26-23(24)14-22(16-28-26)20-6-4-19(5-7-20)18-31-12-10-30(2)11-13-31/h4-9,14-17H,3,10-13,18H2,1-2H3,(H,28,29). The molecule has 1 fully saturated rings. The second-order valence-corrected chi connectivity index (χ2v) is 8.42. The van der Waals surface area contributed by atoms with Crippen molar-refractivity contribution >= 4 is 11.0 Å². The molecule has 1 aliphatic heterocycles. The maximum absolute atomic E-state index is 5.47. The Hall–Kier alpha value is -3.22.